The van der Waals surface area contributed by atoms with Gasteiger partial charge in [0.25, 0.3) is 0 Å². The molecule has 1 aliphatic carbocycles. The zero-order chi connectivity index (χ0) is 16.2. The normalized spacial score (nSPS) is 16.0. The summed E-state index contributed by atoms with van der Waals surface area (Å²) in [4.78, 5) is 23.9. The quantitative estimate of drug-likeness (QED) is 0.628. The van der Waals surface area contributed by atoms with Gasteiger partial charge in [-0.15, -0.1) is 0 Å². The van der Waals surface area contributed by atoms with Gasteiger partial charge in [-0.05, 0) is 36.6 Å². The SMILES string of the molecule is N#CC1C(=O)c2ccc(OCCCc3ccccc3)cc2C1=O. The van der Waals surface area contributed by atoms with Crippen LogP contribution in [0, 0.1) is 17.2 Å². The lowest BCUT2D eigenvalue weighted by Gasteiger charge is -2.07. The summed E-state index contributed by atoms with van der Waals surface area (Å²) in [6, 6.07) is 16.7. The fourth-order valence-corrected chi connectivity index (χ4v) is 2.69. The molecule has 1 unspecified atom stereocenters. The van der Waals surface area contributed by atoms with Gasteiger partial charge in [0.05, 0.1) is 12.7 Å². The fraction of sp³-hybridized carbons (Fsp3) is 0.211. The van der Waals surface area contributed by atoms with Crippen LogP contribution in [0.25, 0.3) is 0 Å². The van der Waals surface area contributed by atoms with E-state index in [1.54, 1.807) is 24.3 Å². The van der Waals surface area contributed by atoms with Gasteiger partial charge in [-0.25, -0.2) is 0 Å². The Kier molecular flexibility index (Phi) is 4.20. The number of ketones is 2. The van der Waals surface area contributed by atoms with Gasteiger partial charge in [0.2, 0.25) is 0 Å². The van der Waals surface area contributed by atoms with E-state index in [1.807, 2.05) is 18.2 Å². The molecule has 0 saturated carbocycles. The number of carbonyl (C=O) groups is 2. The first-order chi connectivity index (χ1) is 11.2. The van der Waals surface area contributed by atoms with E-state index in [9.17, 15) is 9.59 Å². The molecule has 0 saturated heterocycles. The molecular weight excluding hydrogens is 290 g/mol. The number of nitrogens with zero attached hydrogens (tertiary/aromatic N) is 1. The summed E-state index contributed by atoms with van der Waals surface area (Å²) in [5.74, 6) is -1.49. The van der Waals surface area contributed by atoms with Crippen molar-refractivity contribution in [3.63, 3.8) is 0 Å². The number of aryl methyl sites for hydroxylation is 1. The molecule has 0 aliphatic heterocycles. The van der Waals surface area contributed by atoms with Crippen LogP contribution in [0.15, 0.2) is 48.5 Å². The van der Waals surface area contributed by atoms with Gasteiger partial charge in [0.15, 0.2) is 17.5 Å². The highest BCUT2D eigenvalue weighted by molar-refractivity contribution is 6.28. The number of rotatable bonds is 5. The van der Waals surface area contributed by atoms with E-state index in [0.717, 1.165) is 12.8 Å². The molecule has 0 fully saturated rings. The van der Waals surface area contributed by atoms with Crippen LogP contribution in [0.3, 0.4) is 0 Å². The van der Waals surface area contributed by atoms with Crippen LogP contribution in [0.1, 0.15) is 32.7 Å². The Bertz CT molecular complexity index is 790. The highest BCUT2D eigenvalue weighted by atomic mass is 16.5. The highest BCUT2D eigenvalue weighted by Gasteiger charge is 2.38. The largest absolute Gasteiger partial charge is 0.494 e. The molecule has 0 spiro atoms. The predicted octanol–water partition coefficient (Wildman–Crippen LogP) is 3.22. The molecule has 3 rings (SSSR count). The lowest BCUT2D eigenvalue weighted by atomic mass is 10.1. The zero-order valence-electron chi connectivity index (χ0n) is 12.5. The minimum Gasteiger partial charge on any atom is -0.494 e. The second kappa shape index (κ2) is 6.45. The molecular formula is C19H15NO3. The molecule has 23 heavy (non-hydrogen) atoms. The first kappa shape index (κ1) is 15.0. The van der Waals surface area contributed by atoms with Crippen molar-refractivity contribution in [2.75, 3.05) is 6.61 Å². The molecule has 114 valence electrons. The van der Waals surface area contributed by atoms with E-state index in [4.69, 9.17) is 10.00 Å². The smallest absolute Gasteiger partial charge is 0.188 e. The van der Waals surface area contributed by atoms with E-state index < -0.39 is 17.5 Å². The van der Waals surface area contributed by atoms with Gasteiger partial charge < -0.3 is 4.74 Å². The number of nitriles is 1. The third-order valence-corrected chi connectivity index (χ3v) is 3.90. The first-order valence-corrected chi connectivity index (χ1v) is 7.49. The minimum atomic E-state index is -1.20. The molecule has 2 aromatic rings. The lowest BCUT2D eigenvalue weighted by molar-refractivity contribution is 0.0876. The number of carbonyl (C=O) groups excluding carboxylic acids is 2. The van der Waals surface area contributed by atoms with Gasteiger partial charge in [-0.2, -0.15) is 5.26 Å². The van der Waals surface area contributed by atoms with Crippen LogP contribution in [0.5, 0.6) is 5.75 Å². The number of hydrogen-bond donors (Lipinski definition) is 0. The lowest BCUT2D eigenvalue weighted by Crippen LogP contribution is -2.11. The van der Waals surface area contributed by atoms with Crippen LogP contribution in [0.2, 0.25) is 0 Å². The Morgan fingerprint density at radius 2 is 1.74 bits per heavy atom. The average Bonchev–Trinajstić information content (AvgIpc) is 2.83. The van der Waals surface area contributed by atoms with Crippen molar-refractivity contribution in [3.05, 3.63) is 65.2 Å². The third-order valence-electron chi connectivity index (χ3n) is 3.90. The van der Waals surface area contributed by atoms with Crippen molar-refractivity contribution in [2.45, 2.75) is 12.8 Å². The molecule has 0 heterocycles. The van der Waals surface area contributed by atoms with Crippen LogP contribution in [-0.4, -0.2) is 18.2 Å². The molecule has 4 heteroatoms. The highest BCUT2D eigenvalue weighted by Crippen LogP contribution is 2.29. The molecule has 0 radical (unpaired) electrons. The average molecular weight is 305 g/mol. The first-order valence-electron chi connectivity index (χ1n) is 7.49. The van der Waals surface area contributed by atoms with Gasteiger partial charge >= 0.3 is 0 Å². The van der Waals surface area contributed by atoms with Crippen molar-refractivity contribution in [2.24, 2.45) is 5.92 Å². The van der Waals surface area contributed by atoms with Crippen LogP contribution in [-0.2, 0) is 6.42 Å². The van der Waals surface area contributed by atoms with Crippen LogP contribution >= 0.6 is 0 Å². The summed E-state index contributed by atoms with van der Waals surface area (Å²) in [6.45, 7) is 0.525. The number of fused-ring (bicyclic) bond motifs is 1. The summed E-state index contributed by atoms with van der Waals surface area (Å²) in [5.41, 5.74) is 1.86. The van der Waals surface area contributed by atoms with Gasteiger partial charge in [-0.3, -0.25) is 9.59 Å². The van der Waals surface area contributed by atoms with Gasteiger partial charge in [0.1, 0.15) is 5.75 Å². The predicted molar refractivity (Wildman–Crippen MR) is 84.5 cm³/mol. The second-order valence-corrected chi connectivity index (χ2v) is 5.44. The maximum absolute atomic E-state index is 12.0. The molecule has 0 amide bonds. The minimum absolute atomic E-state index is 0.294. The second-order valence-electron chi connectivity index (χ2n) is 5.44. The number of Topliss-reactive ketones (excluding diaryl/α,β-unsaturated/α-hetero) is 2. The Morgan fingerprint density at radius 3 is 2.48 bits per heavy atom. The van der Waals surface area contributed by atoms with E-state index >= 15 is 0 Å². The van der Waals surface area contributed by atoms with Crippen molar-refractivity contribution >= 4 is 11.6 Å². The van der Waals surface area contributed by atoms with Crippen LogP contribution < -0.4 is 4.74 Å². The summed E-state index contributed by atoms with van der Waals surface area (Å²) in [7, 11) is 0. The Labute approximate surface area is 134 Å². The Hall–Kier alpha value is -2.93. The fourth-order valence-electron chi connectivity index (χ4n) is 2.69. The summed E-state index contributed by atoms with van der Waals surface area (Å²) in [6.07, 6.45) is 1.77. The molecule has 1 atom stereocenters. The van der Waals surface area contributed by atoms with E-state index in [1.165, 1.54) is 5.56 Å². The molecule has 0 bridgehead atoms. The van der Waals surface area contributed by atoms with Crippen LogP contribution in [0.4, 0.5) is 0 Å². The summed E-state index contributed by atoms with van der Waals surface area (Å²) >= 11 is 0. The summed E-state index contributed by atoms with van der Waals surface area (Å²) < 4.78 is 5.66. The number of ether oxygens (including phenoxy) is 1. The molecule has 0 aromatic heterocycles. The van der Waals surface area contributed by atoms with Gasteiger partial charge in [-0.1, -0.05) is 30.3 Å². The zero-order valence-corrected chi connectivity index (χ0v) is 12.5. The molecule has 0 N–H and O–H groups in total. The number of hydrogen-bond acceptors (Lipinski definition) is 4. The summed E-state index contributed by atoms with van der Waals surface area (Å²) in [5, 5.41) is 8.91. The van der Waals surface area contributed by atoms with Gasteiger partial charge in [0, 0.05) is 11.1 Å². The Balaban J connectivity index is 1.61. The van der Waals surface area contributed by atoms with Crippen molar-refractivity contribution in [1.82, 2.24) is 0 Å². The molecule has 2 aromatic carbocycles. The topological polar surface area (TPSA) is 67.2 Å². The molecule has 4 nitrogen and oxygen atoms in total. The van der Waals surface area contributed by atoms with Crippen molar-refractivity contribution in [3.8, 4) is 11.8 Å². The number of benzene rings is 2. The van der Waals surface area contributed by atoms with Crippen molar-refractivity contribution < 1.29 is 14.3 Å². The monoisotopic (exact) mass is 305 g/mol. The van der Waals surface area contributed by atoms with E-state index in [0.29, 0.717) is 23.5 Å². The van der Waals surface area contributed by atoms with E-state index in [2.05, 4.69) is 12.1 Å². The molecule has 1 aliphatic rings. The standard InChI is InChI=1S/C19H15NO3/c20-12-17-18(21)15-9-8-14(11-16(15)19(17)22)23-10-4-7-13-5-2-1-3-6-13/h1-3,5-6,8-9,11,17H,4,7,10H2. The maximum atomic E-state index is 12.0. The van der Waals surface area contributed by atoms with E-state index in [-0.39, 0.29) is 0 Å². The third kappa shape index (κ3) is 3.00. The van der Waals surface area contributed by atoms with Crippen molar-refractivity contribution in [1.29, 1.82) is 5.26 Å². The Morgan fingerprint density at radius 1 is 1.00 bits per heavy atom. The maximum Gasteiger partial charge on any atom is 0.188 e.